The number of aryl methyl sites for hydroxylation is 1. The highest BCUT2D eigenvalue weighted by molar-refractivity contribution is 5.48. The molecule has 25 heavy (non-hydrogen) atoms. The molecule has 0 fully saturated rings. The number of ether oxygens (including phenoxy) is 1. The number of halogens is 1. The zero-order chi connectivity index (χ0) is 17.6. The van der Waals surface area contributed by atoms with Crippen LogP contribution in [0, 0.1) is 5.82 Å². The molecule has 0 atom stereocenters. The first-order valence-electron chi connectivity index (χ1n) is 8.06. The monoisotopic (exact) mass is 341 g/mol. The van der Waals surface area contributed by atoms with E-state index in [9.17, 15) is 4.39 Å². The van der Waals surface area contributed by atoms with Crippen LogP contribution < -0.4 is 14.6 Å². The lowest BCUT2D eigenvalue weighted by Crippen LogP contribution is -2.27. The molecule has 0 aliphatic carbocycles. The van der Waals surface area contributed by atoms with Gasteiger partial charge in [0.15, 0.2) is 11.5 Å². The predicted octanol–water partition coefficient (Wildman–Crippen LogP) is 4.12. The van der Waals surface area contributed by atoms with Crippen molar-refractivity contribution >= 4 is 5.69 Å². The summed E-state index contributed by atoms with van der Waals surface area (Å²) in [6, 6.07) is 12.0. The van der Waals surface area contributed by atoms with Crippen LogP contribution in [0.4, 0.5) is 10.1 Å². The van der Waals surface area contributed by atoms with Gasteiger partial charge in [-0.3, -0.25) is 0 Å². The van der Waals surface area contributed by atoms with Crippen molar-refractivity contribution in [2.24, 2.45) is 0 Å². The first-order chi connectivity index (χ1) is 12.2. The lowest BCUT2D eigenvalue weighted by atomic mass is 10.1. The average Bonchev–Trinajstić information content (AvgIpc) is 3.14. The Morgan fingerprint density at radius 1 is 1.16 bits per heavy atom. The average molecular weight is 341 g/mol. The van der Waals surface area contributed by atoms with Gasteiger partial charge in [-0.1, -0.05) is 19.1 Å². The van der Waals surface area contributed by atoms with Crippen LogP contribution in [0.1, 0.15) is 18.3 Å². The topological polar surface area (TPSA) is 50.4 Å². The maximum absolute atomic E-state index is 13.7. The molecular formula is C19H20FN3O2. The van der Waals surface area contributed by atoms with Gasteiger partial charge in [-0.2, -0.15) is 0 Å². The maximum Gasteiger partial charge on any atom is 0.197 e. The number of methoxy groups -OCH3 is 1. The zero-order valence-electron chi connectivity index (χ0n) is 14.2. The summed E-state index contributed by atoms with van der Waals surface area (Å²) in [6.45, 7) is 2.40. The van der Waals surface area contributed by atoms with Gasteiger partial charge in [-0.15, -0.1) is 0 Å². The van der Waals surface area contributed by atoms with Crippen LogP contribution in [-0.4, -0.2) is 17.1 Å². The smallest absolute Gasteiger partial charge is 0.197 e. The maximum atomic E-state index is 13.7. The number of nitrogens with zero attached hydrogens (tertiary/aromatic N) is 2. The van der Waals surface area contributed by atoms with Crippen LogP contribution in [0.5, 0.6) is 11.5 Å². The quantitative estimate of drug-likeness (QED) is 0.657. The summed E-state index contributed by atoms with van der Waals surface area (Å²) in [4.78, 5) is 13.3. The minimum absolute atomic E-state index is 0.329. The Balaban J connectivity index is 1.92. The van der Waals surface area contributed by atoms with E-state index >= 15 is 0 Å². The molecule has 0 aliphatic heterocycles. The molecule has 5 nitrogen and oxygen atoms in total. The number of aromatic nitrogens is 2. The highest BCUT2D eigenvalue weighted by atomic mass is 19.1. The number of imidazole rings is 1. The standard InChI is InChI=1S/C19H20FN3O2/c1-3-14-7-8-17(18(11-14)24-2)25-23(13-19-21-9-10-22-19)16-6-4-5-15(20)12-16/h4-12H,3,13H2,1-2H3,(H,21,22). The van der Waals surface area contributed by atoms with Crippen molar-refractivity contribution in [3.8, 4) is 11.5 Å². The fourth-order valence-corrected chi connectivity index (χ4v) is 2.45. The van der Waals surface area contributed by atoms with Gasteiger partial charge in [-0.25, -0.2) is 14.4 Å². The molecule has 0 bridgehead atoms. The first kappa shape index (κ1) is 16.8. The molecule has 3 rings (SSSR count). The summed E-state index contributed by atoms with van der Waals surface area (Å²) in [7, 11) is 1.60. The van der Waals surface area contributed by atoms with Crippen molar-refractivity contribution in [3.05, 3.63) is 72.1 Å². The molecule has 2 aromatic carbocycles. The summed E-state index contributed by atoms with van der Waals surface area (Å²) < 4.78 is 19.1. The van der Waals surface area contributed by atoms with E-state index in [4.69, 9.17) is 9.57 Å². The van der Waals surface area contributed by atoms with Crippen LogP contribution in [0.15, 0.2) is 54.9 Å². The van der Waals surface area contributed by atoms with Gasteiger partial charge >= 0.3 is 0 Å². The number of H-pyrrole nitrogens is 1. The van der Waals surface area contributed by atoms with Crippen molar-refractivity contribution in [1.29, 1.82) is 0 Å². The number of hydroxylamine groups is 1. The second-order valence-electron chi connectivity index (χ2n) is 5.48. The van der Waals surface area contributed by atoms with Crippen LogP contribution in [0.2, 0.25) is 0 Å². The normalized spacial score (nSPS) is 10.5. The summed E-state index contributed by atoms with van der Waals surface area (Å²) in [5.41, 5.74) is 1.73. The number of hydrogen-bond donors (Lipinski definition) is 1. The van der Waals surface area contributed by atoms with Crippen molar-refractivity contribution < 1.29 is 14.0 Å². The third-order valence-corrected chi connectivity index (χ3v) is 3.79. The fraction of sp³-hybridized carbons (Fsp3) is 0.211. The Morgan fingerprint density at radius 2 is 2.04 bits per heavy atom. The lowest BCUT2D eigenvalue weighted by molar-refractivity contribution is 0.256. The summed E-state index contributed by atoms with van der Waals surface area (Å²) >= 11 is 0. The van der Waals surface area contributed by atoms with Gasteiger partial charge in [0, 0.05) is 18.5 Å². The Labute approximate surface area is 146 Å². The van der Waals surface area contributed by atoms with Crippen molar-refractivity contribution in [2.75, 3.05) is 12.2 Å². The molecule has 0 aliphatic rings. The summed E-state index contributed by atoms with van der Waals surface area (Å²) in [6.07, 6.45) is 4.29. The van der Waals surface area contributed by atoms with E-state index in [1.54, 1.807) is 36.7 Å². The highest BCUT2D eigenvalue weighted by Crippen LogP contribution is 2.31. The minimum atomic E-state index is -0.334. The molecule has 0 spiro atoms. The van der Waals surface area contributed by atoms with Gasteiger partial charge in [0.2, 0.25) is 0 Å². The summed E-state index contributed by atoms with van der Waals surface area (Å²) in [5, 5.41) is 1.57. The van der Waals surface area contributed by atoms with Crippen LogP contribution in [0.25, 0.3) is 0 Å². The second kappa shape index (κ2) is 7.70. The van der Waals surface area contributed by atoms with Gasteiger partial charge in [-0.05, 0) is 36.2 Å². The Kier molecular flexibility index (Phi) is 5.18. The van der Waals surface area contributed by atoms with E-state index in [2.05, 4.69) is 16.9 Å². The molecule has 1 aromatic heterocycles. The molecular weight excluding hydrogens is 321 g/mol. The number of nitrogens with one attached hydrogen (secondary N) is 1. The van der Waals surface area contributed by atoms with Crippen molar-refractivity contribution in [2.45, 2.75) is 19.9 Å². The van der Waals surface area contributed by atoms with Crippen molar-refractivity contribution in [1.82, 2.24) is 9.97 Å². The Hall–Kier alpha value is -3.02. The fourth-order valence-electron chi connectivity index (χ4n) is 2.45. The van der Waals surface area contributed by atoms with E-state index in [1.807, 2.05) is 18.2 Å². The lowest BCUT2D eigenvalue weighted by Gasteiger charge is -2.24. The molecule has 1 N–H and O–H groups in total. The predicted molar refractivity (Wildman–Crippen MR) is 94.2 cm³/mol. The van der Waals surface area contributed by atoms with Crippen LogP contribution >= 0.6 is 0 Å². The van der Waals surface area contributed by atoms with E-state index in [0.717, 1.165) is 12.0 Å². The van der Waals surface area contributed by atoms with E-state index < -0.39 is 0 Å². The number of rotatable bonds is 7. The summed E-state index contributed by atoms with van der Waals surface area (Å²) in [5.74, 6) is 1.54. The third kappa shape index (κ3) is 4.09. The number of aromatic amines is 1. The molecule has 130 valence electrons. The highest BCUT2D eigenvalue weighted by Gasteiger charge is 2.15. The number of anilines is 1. The van der Waals surface area contributed by atoms with Gasteiger partial charge in [0.05, 0.1) is 12.8 Å². The Bertz CT molecular complexity index is 821. The molecule has 3 aromatic rings. The van der Waals surface area contributed by atoms with Gasteiger partial charge in [0.25, 0.3) is 0 Å². The van der Waals surface area contributed by atoms with E-state index in [-0.39, 0.29) is 5.82 Å². The molecule has 1 heterocycles. The van der Waals surface area contributed by atoms with Gasteiger partial charge < -0.3 is 14.6 Å². The molecule has 0 saturated carbocycles. The molecule has 6 heteroatoms. The van der Waals surface area contributed by atoms with Crippen molar-refractivity contribution in [3.63, 3.8) is 0 Å². The Morgan fingerprint density at radius 3 is 2.72 bits per heavy atom. The van der Waals surface area contributed by atoms with E-state index in [1.165, 1.54) is 12.1 Å². The molecule has 0 amide bonds. The second-order valence-corrected chi connectivity index (χ2v) is 5.48. The molecule has 0 saturated heterocycles. The molecule has 0 radical (unpaired) electrons. The minimum Gasteiger partial charge on any atom is -0.493 e. The van der Waals surface area contributed by atoms with E-state index in [0.29, 0.717) is 29.6 Å². The molecule has 0 unspecified atom stereocenters. The van der Waals surface area contributed by atoms with Gasteiger partial charge in [0.1, 0.15) is 18.2 Å². The SMILES string of the molecule is CCc1ccc(ON(Cc2ncc[nH]2)c2cccc(F)c2)c(OC)c1. The zero-order valence-corrected chi connectivity index (χ0v) is 14.2. The number of benzene rings is 2. The third-order valence-electron chi connectivity index (χ3n) is 3.79. The first-order valence-corrected chi connectivity index (χ1v) is 8.06. The van der Waals surface area contributed by atoms with Crippen LogP contribution in [-0.2, 0) is 13.0 Å². The van der Waals surface area contributed by atoms with Crippen LogP contribution in [0.3, 0.4) is 0 Å². The number of hydrogen-bond acceptors (Lipinski definition) is 4. The largest absolute Gasteiger partial charge is 0.493 e.